The Balaban J connectivity index is 1.16. The summed E-state index contributed by atoms with van der Waals surface area (Å²) >= 11 is 0. The fraction of sp³-hybridized carbons (Fsp3) is 0.156. The number of anilines is 3. The van der Waals surface area contributed by atoms with Gasteiger partial charge >= 0.3 is 0 Å². The smallest absolute Gasteiger partial charge is 0.0468 e. The second-order valence-corrected chi connectivity index (χ2v) is 19.5. The van der Waals surface area contributed by atoms with Crippen LogP contribution in [0.2, 0.25) is 0 Å². The van der Waals surface area contributed by atoms with Crippen molar-refractivity contribution in [3.8, 4) is 44.5 Å². The number of benzene rings is 10. The Morgan fingerprint density at radius 2 is 0.908 bits per heavy atom. The summed E-state index contributed by atoms with van der Waals surface area (Å²) in [5.41, 5.74) is 18.2. The molecule has 10 aromatic carbocycles. The number of fused-ring (bicyclic) bond motifs is 11. The number of hydrogen-bond donors (Lipinski definition) is 0. The molecule has 0 heterocycles. The van der Waals surface area contributed by atoms with Crippen molar-refractivity contribution in [2.75, 3.05) is 4.90 Å². The Hall–Kier alpha value is -7.22. The first-order chi connectivity index (χ1) is 31.9. The van der Waals surface area contributed by atoms with Crippen molar-refractivity contribution in [1.29, 1.82) is 0 Å². The summed E-state index contributed by atoms with van der Waals surface area (Å²) in [5.74, 6) is 0. The van der Waals surface area contributed by atoms with E-state index in [-0.39, 0.29) is 10.8 Å². The van der Waals surface area contributed by atoms with Crippen LogP contribution in [0.15, 0.2) is 206 Å². The lowest BCUT2D eigenvalue weighted by molar-refractivity contribution is 0.353. The molecule has 1 fully saturated rings. The van der Waals surface area contributed by atoms with Crippen molar-refractivity contribution in [3.63, 3.8) is 0 Å². The van der Waals surface area contributed by atoms with Crippen LogP contribution in [0.4, 0.5) is 17.1 Å². The highest BCUT2D eigenvalue weighted by Gasteiger charge is 2.44. The Bertz CT molecular complexity index is 3410. The van der Waals surface area contributed by atoms with Crippen molar-refractivity contribution in [3.05, 3.63) is 223 Å². The minimum atomic E-state index is 0.0483. The van der Waals surface area contributed by atoms with E-state index in [9.17, 15) is 0 Å². The maximum atomic E-state index is 2.56. The monoisotopic (exact) mass is 835 g/mol. The molecule has 1 nitrogen and oxygen atoms in total. The molecule has 10 aromatic rings. The molecule has 1 saturated carbocycles. The second kappa shape index (κ2) is 15.5. The van der Waals surface area contributed by atoms with Gasteiger partial charge in [0.1, 0.15) is 0 Å². The van der Waals surface area contributed by atoms with Gasteiger partial charge in [-0.05, 0) is 154 Å². The summed E-state index contributed by atoms with van der Waals surface area (Å²) in [6.07, 6.45) is 6.26. The minimum absolute atomic E-state index is 0.0483. The average molecular weight is 836 g/mol. The van der Waals surface area contributed by atoms with Gasteiger partial charge in [-0.1, -0.05) is 204 Å². The summed E-state index contributed by atoms with van der Waals surface area (Å²) < 4.78 is 0. The van der Waals surface area contributed by atoms with Gasteiger partial charge in [0.15, 0.2) is 0 Å². The highest BCUT2D eigenvalue weighted by molar-refractivity contribution is 6.33. The van der Waals surface area contributed by atoms with E-state index in [0.717, 1.165) is 5.69 Å². The summed E-state index contributed by atoms with van der Waals surface area (Å²) in [6, 6.07) is 77.8. The van der Waals surface area contributed by atoms with Gasteiger partial charge in [-0.15, -0.1) is 0 Å². The molecule has 0 aromatic heterocycles. The lowest BCUT2D eigenvalue weighted by Crippen LogP contribution is -2.28. The first-order valence-corrected chi connectivity index (χ1v) is 23.6. The molecule has 1 heteroatoms. The van der Waals surface area contributed by atoms with Crippen LogP contribution in [0.3, 0.4) is 0 Å². The summed E-state index contributed by atoms with van der Waals surface area (Å²) in [4.78, 5) is 2.53. The summed E-state index contributed by atoms with van der Waals surface area (Å²) in [6.45, 7) is 6.91. The Morgan fingerprint density at radius 1 is 0.369 bits per heavy atom. The maximum absolute atomic E-state index is 2.56. The predicted octanol–water partition coefficient (Wildman–Crippen LogP) is 18.1. The zero-order valence-electron chi connectivity index (χ0n) is 37.6. The molecule has 65 heavy (non-hydrogen) atoms. The van der Waals surface area contributed by atoms with Crippen LogP contribution < -0.4 is 4.90 Å². The predicted molar refractivity (Wildman–Crippen MR) is 278 cm³/mol. The van der Waals surface area contributed by atoms with Crippen LogP contribution in [0.5, 0.6) is 0 Å². The number of rotatable bonds is 6. The lowest BCUT2D eigenvalue weighted by Gasteiger charge is -2.36. The number of nitrogens with zero attached hydrogens (tertiary/aromatic N) is 1. The highest BCUT2D eigenvalue weighted by atomic mass is 15.1. The van der Waals surface area contributed by atoms with E-state index in [1.807, 2.05) is 0 Å². The molecule has 0 N–H and O–H groups in total. The summed E-state index contributed by atoms with van der Waals surface area (Å²) in [5, 5.41) is 7.60. The van der Waals surface area contributed by atoms with Gasteiger partial charge < -0.3 is 4.90 Å². The van der Waals surface area contributed by atoms with E-state index in [1.165, 1.54) is 137 Å². The van der Waals surface area contributed by atoms with Crippen molar-refractivity contribution in [1.82, 2.24) is 0 Å². The molecular weight excluding hydrogens is 783 g/mol. The quantitative estimate of drug-likeness (QED) is 0.151. The average Bonchev–Trinajstić information content (AvgIpc) is 3.62. The molecule has 0 unspecified atom stereocenters. The van der Waals surface area contributed by atoms with Gasteiger partial charge in [0.25, 0.3) is 0 Å². The lowest BCUT2D eigenvalue weighted by atomic mass is 9.68. The van der Waals surface area contributed by atoms with Gasteiger partial charge in [0.2, 0.25) is 0 Å². The van der Waals surface area contributed by atoms with E-state index in [4.69, 9.17) is 0 Å². The first kappa shape index (κ1) is 39.4. The van der Waals surface area contributed by atoms with Crippen molar-refractivity contribution in [2.45, 2.75) is 63.7 Å². The van der Waals surface area contributed by atoms with Gasteiger partial charge in [0, 0.05) is 22.5 Å². The van der Waals surface area contributed by atoms with E-state index in [0.29, 0.717) is 0 Å². The molecule has 2 aliphatic carbocycles. The molecule has 2 aliphatic rings. The van der Waals surface area contributed by atoms with Gasteiger partial charge in [-0.25, -0.2) is 0 Å². The largest absolute Gasteiger partial charge is 0.310 e. The third-order valence-corrected chi connectivity index (χ3v) is 14.8. The standard InChI is InChI=1S/C64H53N/c1-63(2,3)46-30-32-47(33-31-46)65(49-34-36-52-51-27-16-17-29-58(51)64(59(52)41-49)38-18-7-19-39-64)48-35-37-54-57(40-48)50-26-14-15-28-53(50)61-56(44-22-10-5-11-23-44)42-55(43-20-8-4-9-21-43)60(62(54)61)45-24-12-6-13-25-45/h4-6,8-17,20-37,40-42H,7,18-19,38-39H2,1-3H3. The van der Waals surface area contributed by atoms with Crippen molar-refractivity contribution < 1.29 is 0 Å². The molecule has 0 radical (unpaired) electrons. The van der Waals surface area contributed by atoms with Gasteiger partial charge in [-0.2, -0.15) is 0 Å². The molecule has 0 amide bonds. The van der Waals surface area contributed by atoms with Crippen LogP contribution in [0.1, 0.15) is 69.6 Å². The van der Waals surface area contributed by atoms with E-state index in [1.54, 1.807) is 0 Å². The molecule has 314 valence electrons. The zero-order valence-corrected chi connectivity index (χ0v) is 37.6. The Morgan fingerprint density at radius 3 is 1.60 bits per heavy atom. The fourth-order valence-electron chi connectivity index (χ4n) is 11.7. The molecule has 12 rings (SSSR count). The SMILES string of the molecule is CC(C)(C)c1ccc(N(c2ccc3c(c2)C2(CCCCC2)c2ccccc2-3)c2ccc3c(c2)c2ccccc2c2c(-c4ccccc4)cc(-c4ccccc4)c(-c4ccccc4)c32)cc1. The highest BCUT2D eigenvalue weighted by Crippen LogP contribution is 2.57. The fourth-order valence-corrected chi connectivity index (χ4v) is 11.7. The van der Waals surface area contributed by atoms with Crippen LogP contribution in [-0.2, 0) is 10.8 Å². The van der Waals surface area contributed by atoms with E-state index in [2.05, 4.69) is 232 Å². The van der Waals surface area contributed by atoms with Crippen LogP contribution in [-0.4, -0.2) is 0 Å². The van der Waals surface area contributed by atoms with Crippen LogP contribution >= 0.6 is 0 Å². The second-order valence-electron chi connectivity index (χ2n) is 19.5. The molecule has 0 aliphatic heterocycles. The van der Waals surface area contributed by atoms with Crippen molar-refractivity contribution >= 4 is 49.4 Å². The molecule has 0 bridgehead atoms. The molecular formula is C64H53N. The Labute approximate surface area is 383 Å². The Kier molecular flexibility index (Phi) is 9.39. The van der Waals surface area contributed by atoms with Crippen molar-refractivity contribution in [2.24, 2.45) is 0 Å². The zero-order chi connectivity index (χ0) is 43.7. The molecule has 0 saturated heterocycles. The number of hydrogen-bond acceptors (Lipinski definition) is 1. The van der Waals surface area contributed by atoms with Gasteiger partial charge in [-0.3, -0.25) is 0 Å². The normalized spacial score (nSPS) is 14.2. The van der Waals surface area contributed by atoms with Crippen LogP contribution in [0.25, 0.3) is 76.8 Å². The molecule has 0 atom stereocenters. The van der Waals surface area contributed by atoms with Gasteiger partial charge in [0.05, 0.1) is 0 Å². The van der Waals surface area contributed by atoms with E-state index >= 15 is 0 Å². The maximum Gasteiger partial charge on any atom is 0.0468 e. The topological polar surface area (TPSA) is 3.24 Å². The van der Waals surface area contributed by atoms with Crippen LogP contribution in [0, 0.1) is 0 Å². The molecule has 1 spiro atoms. The minimum Gasteiger partial charge on any atom is -0.310 e. The van der Waals surface area contributed by atoms with E-state index < -0.39 is 0 Å². The third-order valence-electron chi connectivity index (χ3n) is 14.8. The first-order valence-electron chi connectivity index (χ1n) is 23.6. The third kappa shape index (κ3) is 6.43. The summed E-state index contributed by atoms with van der Waals surface area (Å²) in [7, 11) is 0.